The minimum atomic E-state index is 0.0911. The average Bonchev–Trinajstić information content (AvgIpc) is 2.75. The van der Waals surface area contributed by atoms with E-state index in [-0.39, 0.29) is 5.54 Å². The van der Waals surface area contributed by atoms with Crippen molar-refractivity contribution < 1.29 is 0 Å². The van der Waals surface area contributed by atoms with Gasteiger partial charge in [0.1, 0.15) is 0 Å². The molecule has 2 heterocycles. The van der Waals surface area contributed by atoms with Crippen molar-refractivity contribution in [1.82, 2.24) is 15.1 Å². The second kappa shape index (κ2) is 4.94. The first-order chi connectivity index (χ1) is 9.53. The van der Waals surface area contributed by atoms with Crippen molar-refractivity contribution in [3.63, 3.8) is 0 Å². The highest BCUT2D eigenvalue weighted by atomic mass is 15.3. The Balaban J connectivity index is 1.93. The number of aromatic nitrogens is 2. The van der Waals surface area contributed by atoms with Crippen molar-refractivity contribution in [3.05, 3.63) is 47.8 Å². The largest absolute Gasteiger partial charge is 0.363 e. The molecule has 0 aliphatic carbocycles. The first kappa shape index (κ1) is 13.2. The zero-order valence-electron chi connectivity index (χ0n) is 12.4. The van der Waals surface area contributed by atoms with Crippen LogP contribution in [-0.2, 0) is 20.1 Å². The quantitative estimate of drug-likeness (QED) is 0.909. The van der Waals surface area contributed by atoms with Gasteiger partial charge in [-0.1, -0.05) is 18.2 Å². The molecule has 20 heavy (non-hydrogen) atoms. The number of aryl methyl sites for hydroxylation is 1. The molecule has 0 saturated carbocycles. The molecule has 1 aliphatic heterocycles. The van der Waals surface area contributed by atoms with E-state index >= 15 is 0 Å². The van der Waals surface area contributed by atoms with Gasteiger partial charge in [-0.05, 0) is 31.5 Å². The van der Waals surface area contributed by atoms with Gasteiger partial charge < -0.3 is 10.2 Å². The van der Waals surface area contributed by atoms with Gasteiger partial charge in [-0.2, -0.15) is 5.10 Å². The molecule has 2 aromatic rings. The number of hydrogen-bond acceptors (Lipinski definition) is 3. The molecule has 3 rings (SSSR count). The van der Waals surface area contributed by atoms with Gasteiger partial charge in [0.05, 0.1) is 12.2 Å². The highest BCUT2D eigenvalue weighted by molar-refractivity contribution is 5.55. The summed E-state index contributed by atoms with van der Waals surface area (Å²) in [6.45, 7) is 7.25. The number of para-hydroxylation sites is 1. The fourth-order valence-electron chi connectivity index (χ4n) is 2.81. The first-order valence-corrected chi connectivity index (χ1v) is 7.10. The number of anilines is 1. The lowest BCUT2D eigenvalue weighted by Crippen LogP contribution is -2.46. The van der Waals surface area contributed by atoms with Crippen molar-refractivity contribution in [2.24, 2.45) is 7.05 Å². The first-order valence-electron chi connectivity index (χ1n) is 7.10. The molecule has 0 saturated heterocycles. The Morgan fingerprint density at radius 3 is 2.80 bits per heavy atom. The van der Waals surface area contributed by atoms with Crippen molar-refractivity contribution in [2.45, 2.75) is 32.5 Å². The smallest absolute Gasteiger partial charge is 0.0817 e. The molecule has 1 aliphatic rings. The number of nitrogens with zero attached hydrogens (tertiary/aromatic N) is 3. The molecule has 0 fully saturated rings. The maximum atomic E-state index is 4.51. The van der Waals surface area contributed by atoms with E-state index < -0.39 is 0 Å². The van der Waals surface area contributed by atoms with Crippen molar-refractivity contribution in [2.75, 3.05) is 11.4 Å². The van der Waals surface area contributed by atoms with Crippen molar-refractivity contribution >= 4 is 5.69 Å². The minimum Gasteiger partial charge on any atom is -0.363 e. The lowest BCUT2D eigenvalue weighted by Gasteiger charge is -2.31. The zero-order chi connectivity index (χ0) is 14.2. The molecule has 0 unspecified atom stereocenters. The third-order valence-electron chi connectivity index (χ3n) is 3.80. The fraction of sp³-hybridized carbons (Fsp3) is 0.438. The maximum absolute atomic E-state index is 4.51. The molecule has 0 radical (unpaired) electrons. The topological polar surface area (TPSA) is 33.1 Å². The number of fused-ring (bicyclic) bond motifs is 1. The van der Waals surface area contributed by atoms with E-state index in [1.54, 1.807) is 0 Å². The van der Waals surface area contributed by atoms with E-state index in [0.717, 1.165) is 25.3 Å². The molecule has 1 aromatic carbocycles. The molecule has 0 bridgehead atoms. The molecule has 106 valence electrons. The minimum absolute atomic E-state index is 0.0911. The lowest BCUT2D eigenvalue weighted by molar-refractivity contribution is 0.394. The number of benzene rings is 1. The summed E-state index contributed by atoms with van der Waals surface area (Å²) in [7, 11) is 1.96. The standard InChI is InChI=1S/C16H22N4/c1-16(2)12-20(11-14-8-9-19(3)18-14)15-7-5-4-6-13(15)10-17-16/h4-9,17H,10-12H2,1-3H3. The van der Waals surface area contributed by atoms with Crippen LogP contribution in [0.5, 0.6) is 0 Å². The molecule has 0 atom stereocenters. The van der Waals surface area contributed by atoms with Crippen LogP contribution in [0.1, 0.15) is 25.1 Å². The summed E-state index contributed by atoms with van der Waals surface area (Å²) in [6.07, 6.45) is 2.00. The summed E-state index contributed by atoms with van der Waals surface area (Å²) in [6, 6.07) is 10.7. The molecule has 4 heteroatoms. The Kier molecular flexibility index (Phi) is 3.26. The maximum Gasteiger partial charge on any atom is 0.0817 e. The van der Waals surface area contributed by atoms with Gasteiger partial charge in [-0.3, -0.25) is 4.68 Å². The van der Waals surface area contributed by atoms with Crippen LogP contribution in [0.15, 0.2) is 36.5 Å². The fourth-order valence-corrected chi connectivity index (χ4v) is 2.81. The molecular weight excluding hydrogens is 248 g/mol. The second-order valence-corrected chi connectivity index (χ2v) is 6.20. The molecule has 1 N–H and O–H groups in total. The Bertz CT molecular complexity index is 600. The van der Waals surface area contributed by atoms with E-state index in [1.165, 1.54) is 11.3 Å². The SMILES string of the molecule is Cn1ccc(CN2CC(C)(C)NCc3ccccc32)n1. The van der Waals surface area contributed by atoms with Gasteiger partial charge >= 0.3 is 0 Å². The zero-order valence-corrected chi connectivity index (χ0v) is 12.4. The van der Waals surface area contributed by atoms with Gasteiger partial charge in [-0.15, -0.1) is 0 Å². The highest BCUT2D eigenvalue weighted by Crippen LogP contribution is 2.27. The van der Waals surface area contributed by atoms with Crippen LogP contribution >= 0.6 is 0 Å². The lowest BCUT2D eigenvalue weighted by atomic mass is 10.1. The van der Waals surface area contributed by atoms with Gasteiger partial charge in [-0.25, -0.2) is 0 Å². The number of nitrogens with one attached hydrogen (secondary N) is 1. The molecule has 4 nitrogen and oxygen atoms in total. The van der Waals surface area contributed by atoms with Crippen molar-refractivity contribution in [3.8, 4) is 0 Å². The summed E-state index contributed by atoms with van der Waals surface area (Å²) in [5.41, 5.74) is 3.87. The van der Waals surface area contributed by atoms with Gasteiger partial charge in [0.25, 0.3) is 0 Å². The van der Waals surface area contributed by atoms with Crippen LogP contribution in [-0.4, -0.2) is 21.9 Å². The Labute approximate surface area is 120 Å². The van der Waals surface area contributed by atoms with E-state index in [1.807, 2.05) is 17.9 Å². The van der Waals surface area contributed by atoms with Gasteiger partial charge in [0, 0.05) is 37.6 Å². The normalized spacial score (nSPS) is 17.6. The summed E-state index contributed by atoms with van der Waals surface area (Å²) in [4.78, 5) is 2.43. The predicted molar refractivity (Wildman–Crippen MR) is 81.6 cm³/mol. The number of hydrogen-bond donors (Lipinski definition) is 1. The van der Waals surface area contributed by atoms with Gasteiger partial charge in [0.2, 0.25) is 0 Å². The van der Waals surface area contributed by atoms with Crippen LogP contribution in [0, 0.1) is 0 Å². The summed E-state index contributed by atoms with van der Waals surface area (Å²) in [5.74, 6) is 0. The Hall–Kier alpha value is -1.81. The highest BCUT2D eigenvalue weighted by Gasteiger charge is 2.26. The third-order valence-corrected chi connectivity index (χ3v) is 3.80. The van der Waals surface area contributed by atoms with E-state index in [4.69, 9.17) is 0 Å². The average molecular weight is 270 g/mol. The van der Waals surface area contributed by atoms with Gasteiger partial charge in [0.15, 0.2) is 0 Å². The number of rotatable bonds is 2. The third kappa shape index (κ3) is 2.70. The van der Waals surface area contributed by atoms with E-state index in [0.29, 0.717) is 0 Å². The van der Waals surface area contributed by atoms with Crippen LogP contribution in [0.4, 0.5) is 5.69 Å². The van der Waals surface area contributed by atoms with E-state index in [9.17, 15) is 0 Å². The van der Waals surface area contributed by atoms with Crippen molar-refractivity contribution in [1.29, 1.82) is 0 Å². The van der Waals surface area contributed by atoms with Crippen LogP contribution in [0.25, 0.3) is 0 Å². The van der Waals surface area contributed by atoms with E-state index in [2.05, 4.69) is 59.5 Å². The summed E-state index contributed by atoms with van der Waals surface area (Å²) >= 11 is 0. The molecule has 0 spiro atoms. The molecule has 1 aromatic heterocycles. The molecule has 0 amide bonds. The molecular formula is C16H22N4. The Morgan fingerprint density at radius 2 is 2.05 bits per heavy atom. The predicted octanol–water partition coefficient (Wildman–Crippen LogP) is 2.31. The summed E-state index contributed by atoms with van der Waals surface area (Å²) in [5, 5.41) is 8.14. The Morgan fingerprint density at radius 1 is 1.25 bits per heavy atom. The van der Waals surface area contributed by atoms with Crippen LogP contribution in [0.3, 0.4) is 0 Å². The van der Waals surface area contributed by atoms with Crippen LogP contribution in [0.2, 0.25) is 0 Å². The summed E-state index contributed by atoms with van der Waals surface area (Å²) < 4.78 is 1.86. The van der Waals surface area contributed by atoms with Crippen LogP contribution < -0.4 is 10.2 Å². The monoisotopic (exact) mass is 270 g/mol. The second-order valence-electron chi connectivity index (χ2n) is 6.20.